The molecule has 0 aliphatic carbocycles. The summed E-state index contributed by atoms with van der Waals surface area (Å²) in [6.07, 6.45) is 0. The fourth-order valence-electron chi connectivity index (χ4n) is 1.31. The second-order valence-electron chi connectivity index (χ2n) is 3.41. The van der Waals surface area contributed by atoms with Gasteiger partial charge in [-0.1, -0.05) is 12.1 Å². The number of benzene rings is 1. The zero-order valence-corrected chi connectivity index (χ0v) is 8.73. The minimum atomic E-state index is -0.250. The van der Waals surface area contributed by atoms with E-state index in [2.05, 4.69) is 5.32 Å². The van der Waals surface area contributed by atoms with E-state index in [1.165, 1.54) is 0 Å². The normalized spacial score (nSPS) is 12.1. The quantitative estimate of drug-likeness (QED) is 0.630. The van der Waals surface area contributed by atoms with Gasteiger partial charge in [-0.05, 0) is 24.6 Å². The van der Waals surface area contributed by atoms with Crippen molar-refractivity contribution in [2.45, 2.75) is 12.8 Å². The third-order valence-corrected chi connectivity index (χ3v) is 2.22. The summed E-state index contributed by atoms with van der Waals surface area (Å²) in [5.41, 5.74) is 7.15. The molecule has 0 fully saturated rings. The lowest BCUT2D eigenvalue weighted by Gasteiger charge is -2.12. The number of amides is 1. The van der Waals surface area contributed by atoms with E-state index >= 15 is 0 Å². The molecule has 15 heavy (non-hydrogen) atoms. The first-order chi connectivity index (χ1) is 7.15. The Hall–Kier alpha value is -1.55. The van der Waals surface area contributed by atoms with Crippen LogP contribution in [0.25, 0.3) is 0 Å². The number of nitrogens with one attached hydrogen (secondary N) is 1. The van der Waals surface area contributed by atoms with Crippen LogP contribution in [-0.4, -0.2) is 24.2 Å². The fourth-order valence-corrected chi connectivity index (χ4v) is 1.31. The van der Waals surface area contributed by atoms with Gasteiger partial charge >= 0.3 is 0 Å². The van der Waals surface area contributed by atoms with Crippen molar-refractivity contribution in [2.24, 2.45) is 0 Å². The van der Waals surface area contributed by atoms with Crippen molar-refractivity contribution in [3.8, 4) is 0 Å². The highest BCUT2D eigenvalue weighted by Gasteiger charge is 2.14. The van der Waals surface area contributed by atoms with Crippen LogP contribution in [0, 0.1) is 0 Å². The topological polar surface area (TPSA) is 75.3 Å². The average molecular weight is 208 g/mol. The van der Waals surface area contributed by atoms with Gasteiger partial charge in [0.2, 0.25) is 5.91 Å². The number of hydrogen-bond donors (Lipinski definition) is 3. The largest absolute Gasteiger partial charge is 0.399 e. The van der Waals surface area contributed by atoms with Crippen LogP contribution in [0.1, 0.15) is 18.4 Å². The molecule has 0 aliphatic heterocycles. The third-order valence-electron chi connectivity index (χ3n) is 2.22. The number of aliphatic hydroxyl groups excluding tert-OH is 1. The van der Waals surface area contributed by atoms with Crippen molar-refractivity contribution >= 4 is 11.6 Å². The van der Waals surface area contributed by atoms with Gasteiger partial charge in [0, 0.05) is 12.2 Å². The standard InChI is InChI=1S/C11H16N2O2/c1-8(11(15)13-5-6-14)9-3-2-4-10(12)7-9/h2-4,7-8,14H,5-6,12H2,1H3,(H,13,15). The first kappa shape index (κ1) is 11.5. The van der Waals surface area contributed by atoms with Gasteiger partial charge in [-0.25, -0.2) is 0 Å². The van der Waals surface area contributed by atoms with Crippen molar-refractivity contribution in [1.29, 1.82) is 0 Å². The van der Waals surface area contributed by atoms with Crippen LogP contribution in [0.2, 0.25) is 0 Å². The van der Waals surface area contributed by atoms with Crippen LogP contribution in [0.15, 0.2) is 24.3 Å². The van der Waals surface area contributed by atoms with Crippen LogP contribution < -0.4 is 11.1 Å². The maximum atomic E-state index is 11.6. The molecule has 1 unspecified atom stereocenters. The molecule has 0 bridgehead atoms. The number of rotatable bonds is 4. The lowest BCUT2D eigenvalue weighted by molar-refractivity contribution is -0.122. The van der Waals surface area contributed by atoms with Gasteiger partial charge < -0.3 is 16.2 Å². The summed E-state index contributed by atoms with van der Waals surface area (Å²) in [4.78, 5) is 11.6. The zero-order chi connectivity index (χ0) is 11.3. The molecule has 4 N–H and O–H groups in total. The first-order valence-electron chi connectivity index (χ1n) is 4.89. The predicted octanol–water partition coefficient (Wildman–Crippen LogP) is 0.481. The molecular weight excluding hydrogens is 192 g/mol. The van der Waals surface area contributed by atoms with Crippen LogP contribution in [0.5, 0.6) is 0 Å². The summed E-state index contributed by atoms with van der Waals surface area (Å²) in [5.74, 6) is -0.352. The van der Waals surface area contributed by atoms with E-state index in [9.17, 15) is 4.79 Å². The summed E-state index contributed by atoms with van der Waals surface area (Å²) in [7, 11) is 0. The second-order valence-corrected chi connectivity index (χ2v) is 3.41. The molecule has 0 spiro atoms. The number of hydrogen-bond acceptors (Lipinski definition) is 3. The van der Waals surface area contributed by atoms with Crippen LogP contribution >= 0.6 is 0 Å². The van der Waals surface area contributed by atoms with Gasteiger partial charge in [0.05, 0.1) is 12.5 Å². The zero-order valence-electron chi connectivity index (χ0n) is 8.73. The molecule has 1 amide bonds. The summed E-state index contributed by atoms with van der Waals surface area (Å²) < 4.78 is 0. The van der Waals surface area contributed by atoms with Gasteiger partial charge in [-0.2, -0.15) is 0 Å². The van der Waals surface area contributed by atoms with Crippen LogP contribution in [0.4, 0.5) is 5.69 Å². The van der Waals surface area contributed by atoms with Gasteiger partial charge in [0.15, 0.2) is 0 Å². The molecule has 82 valence electrons. The second kappa shape index (κ2) is 5.36. The Labute approximate surface area is 89.1 Å². The Morgan fingerprint density at radius 3 is 2.93 bits per heavy atom. The SMILES string of the molecule is CC(C(=O)NCCO)c1cccc(N)c1. The molecule has 1 aromatic rings. The molecule has 4 heteroatoms. The molecule has 0 saturated heterocycles. The van der Waals surface area contributed by atoms with Crippen LogP contribution in [0.3, 0.4) is 0 Å². The highest BCUT2D eigenvalue weighted by molar-refractivity contribution is 5.83. The molecule has 0 radical (unpaired) electrons. The molecule has 1 atom stereocenters. The smallest absolute Gasteiger partial charge is 0.227 e. The van der Waals surface area contributed by atoms with Crippen molar-refractivity contribution in [2.75, 3.05) is 18.9 Å². The molecule has 0 saturated carbocycles. The minimum Gasteiger partial charge on any atom is -0.399 e. The molecule has 4 nitrogen and oxygen atoms in total. The number of carbonyl (C=O) groups is 1. The molecular formula is C11H16N2O2. The van der Waals surface area contributed by atoms with Gasteiger partial charge in [0.25, 0.3) is 0 Å². The van der Waals surface area contributed by atoms with Crippen molar-refractivity contribution in [1.82, 2.24) is 5.32 Å². The summed E-state index contributed by atoms with van der Waals surface area (Å²) in [6, 6.07) is 7.24. The highest BCUT2D eigenvalue weighted by atomic mass is 16.3. The predicted molar refractivity (Wildman–Crippen MR) is 59.4 cm³/mol. The maximum Gasteiger partial charge on any atom is 0.227 e. The highest BCUT2D eigenvalue weighted by Crippen LogP contribution is 2.17. The first-order valence-corrected chi connectivity index (χ1v) is 4.89. The Bertz CT molecular complexity index is 339. The number of aliphatic hydroxyl groups is 1. The summed E-state index contributed by atoms with van der Waals surface area (Å²) in [6.45, 7) is 2.04. The van der Waals surface area contributed by atoms with E-state index in [0.717, 1.165) is 5.56 Å². The fraction of sp³-hybridized carbons (Fsp3) is 0.364. The van der Waals surface area contributed by atoms with E-state index in [1.807, 2.05) is 19.1 Å². The number of anilines is 1. The Kier molecular flexibility index (Phi) is 4.12. The van der Waals surface area contributed by atoms with Crippen molar-refractivity contribution in [3.05, 3.63) is 29.8 Å². The maximum absolute atomic E-state index is 11.6. The average Bonchev–Trinajstić information content (AvgIpc) is 2.24. The van der Waals surface area contributed by atoms with Crippen molar-refractivity contribution < 1.29 is 9.90 Å². The number of nitrogen functional groups attached to an aromatic ring is 1. The van der Waals surface area contributed by atoms with Gasteiger partial charge in [-0.15, -0.1) is 0 Å². The minimum absolute atomic E-state index is 0.0462. The number of nitrogens with two attached hydrogens (primary N) is 1. The Morgan fingerprint density at radius 1 is 1.60 bits per heavy atom. The van der Waals surface area contributed by atoms with E-state index < -0.39 is 0 Å². The van der Waals surface area contributed by atoms with E-state index in [1.54, 1.807) is 12.1 Å². The van der Waals surface area contributed by atoms with E-state index in [0.29, 0.717) is 5.69 Å². The van der Waals surface area contributed by atoms with E-state index in [-0.39, 0.29) is 25.0 Å². The van der Waals surface area contributed by atoms with Gasteiger partial charge in [0.1, 0.15) is 0 Å². The number of carbonyl (C=O) groups excluding carboxylic acids is 1. The molecule has 0 aliphatic rings. The van der Waals surface area contributed by atoms with Crippen molar-refractivity contribution in [3.63, 3.8) is 0 Å². The summed E-state index contributed by atoms with van der Waals surface area (Å²) >= 11 is 0. The Morgan fingerprint density at radius 2 is 2.33 bits per heavy atom. The van der Waals surface area contributed by atoms with Crippen LogP contribution in [-0.2, 0) is 4.79 Å². The third kappa shape index (κ3) is 3.25. The molecule has 0 aromatic heterocycles. The lowest BCUT2D eigenvalue weighted by Crippen LogP contribution is -2.30. The molecule has 1 rings (SSSR count). The summed E-state index contributed by atoms with van der Waals surface area (Å²) in [5, 5.41) is 11.2. The molecule has 0 heterocycles. The van der Waals surface area contributed by atoms with Gasteiger partial charge in [-0.3, -0.25) is 4.79 Å². The lowest BCUT2D eigenvalue weighted by atomic mass is 10.00. The molecule has 1 aromatic carbocycles. The Balaban J connectivity index is 2.67. The monoisotopic (exact) mass is 208 g/mol. The van der Waals surface area contributed by atoms with E-state index in [4.69, 9.17) is 10.8 Å².